The minimum Gasteiger partial charge on any atom is -0.138 e. The van der Waals surface area contributed by atoms with Crippen LogP contribution in [0.4, 0.5) is 0 Å². The van der Waals surface area contributed by atoms with Crippen molar-refractivity contribution >= 4 is 39.1 Å². The van der Waals surface area contributed by atoms with Gasteiger partial charge in [-0.25, -0.2) is 0 Å². The Balaban J connectivity index is 2.44. The van der Waals surface area contributed by atoms with Crippen molar-refractivity contribution in [3.05, 3.63) is 34.2 Å². The number of aromatic nitrogens is 2. The molecule has 0 saturated heterocycles. The van der Waals surface area contributed by atoms with E-state index < -0.39 is 0 Å². The van der Waals surface area contributed by atoms with Crippen LogP contribution in [0.2, 0.25) is 5.02 Å². The molecule has 1 heterocycles. The minimum absolute atomic E-state index is 0.734. The van der Waals surface area contributed by atoms with E-state index in [0.29, 0.717) is 0 Å². The number of benzene rings is 1. The molecule has 5 heteroatoms. The average Bonchev–Trinajstić information content (AvgIpc) is 2.67. The van der Waals surface area contributed by atoms with Crippen LogP contribution in [0, 0.1) is 0 Å². The highest BCUT2D eigenvalue weighted by Crippen LogP contribution is 2.26. The number of rotatable bonds is 2. The predicted molar refractivity (Wildman–Crippen MR) is 63.0 cm³/mol. The number of nitrogens with zero attached hydrogens (tertiary/aromatic N) is 2. The monoisotopic (exact) mass is 288 g/mol. The quantitative estimate of drug-likeness (QED) is 0.787. The van der Waals surface area contributed by atoms with Gasteiger partial charge in [-0.1, -0.05) is 44.2 Å². The summed E-state index contributed by atoms with van der Waals surface area (Å²) in [6, 6.07) is 7.61. The zero-order valence-corrected chi connectivity index (χ0v) is 10.2. The summed E-state index contributed by atoms with van der Waals surface area (Å²) in [5.41, 5.74) is 1.99. The van der Waals surface area contributed by atoms with Crippen molar-refractivity contribution in [2.24, 2.45) is 0 Å². The van der Waals surface area contributed by atoms with Crippen molar-refractivity contribution in [3.8, 4) is 11.3 Å². The van der Waals surface area contributed by atoms with Gasteiger partial charge in [-0.2, -0.15) is 0 Å². The van der Waals surface area contributed by atoms with Crippen molar-refractivity contribution in [3.63, 3.8) is 0 Å². The van der Waals surface area contributed by atoms with Crippen molar-refractivity contribution in [2.45, 2.75) is 5.33 Å². The maximum Gasteiger partial charge on any atom is 0.109 e. The highest BCUT2D eigenvalue weighted by Gasteiger charge is 2.08. The Morgan fingerprint density at radius 2 is 2.00 bits per heavy atom. The van der Waals surface area contributed by atoms with Crippen LogP contribution in [0.3, 0.4) is 0 Å². The van der Waals surface area contributed by atoms with Gasteiger partial charge in [0, 0.05) is 15.9 Å². The van der Waals surface area contributed by atoms with Gasteiger partial charge >= 0.3 is 0 Å². The van der Waals surface area contributed by atoms with E-state index >= 15 is 0 Å². The predicted octanol–water partition coefficient (Wildman–Crippen LogP) is 3.75. The van der Waals surface area contributed by atoms with Gasteiger partial charge in [0.2, 0.25) is 0 Å². The summed E-state index contributed by atoms with van der Waals surface area (Å²) in [5, 5.41) is 5.60. The molecular formula is C9H6BrClN2S. The standard InChI is InChI=1S/C9H6BrClN2S/c10-5-8-9(12-13-14-8)6-1-3-7(11)4-2-6/h1-4H,5H2. The molecule has 0 aliphatic rings. The van der Waals surface area contributed by atoms with Gasteiger partial charge in [0.15, 0.2) is 0 Å². The van der Waals surface area contributed by atoms with E-state index in [2.05, 4.69) is 25.5 Å². The molecule has 0 spiro atoms. The number of halogens is 2. The van der Waals surface area contributed by atoms with E-state index in [9.17, 15) is 0 Å². The molecule has 0 aliphatic heterocycles. The third-order valence-electron chi connectivity index (χ3n) is 1.79. The Morgan fingerprint density at radius 3 is 2.64 bits per heavy atom. The van der Waals surface area contributed by atoms with Gasteiger partial charge in [-0.3, -0.25) is 0 Å². The van der Waals surface area contributed by atoms with Crippen LogP contribution >= 0.6 is 39.1 Å². The topological polar surface area (TPSA) is 25.8 Å². The summed E-state index contributed by atoms with van der Waals surface area (Å²) in [7, 11) is 0. The molecule has 2 nitrogen and oxygen atoms in total. The van der Waals surface area contributed by atoms with Gasteiger partial charge in [0.05, 0.1) is 4.88 Å². The molecule has 0 amide bonds. The first kappa shape index (κ1) is 10.1. The van der Waals surface area contributed by atoms with Gasteiger partial charge in [-0.15, -0.1) is 5.10 Å². The molecule has 2 aromatic rings. The third kappa shape index (κ3) is 1.97. The van der Waals surface area contributed by atoms with Crippen molar-refractivity contribution in [1.29, 1.82) is 0 Å². The number of alkyl halides is 1. The van der Waals surface area contributed by atoms with E-state index in [1.807, 2.05) is 24.3 Å². The van der Waals surface area contributed by atoms with Gasteiger partial charge in [0.1, 0.15) is 5.69 Å². The molecule has 0 unspecified atom stereocenters. The first-order chi connectivity index (χ1) is 6.81. The van der Waals surface area contributed by atoms with Crippen LogP contribution in [-0.4, -0.2) is 9.59 Å². The third-order valence-corrected chi connectivity index (χ3v) is 3.70. The SMILES string of the molecule is Clc1ccc(-c2nnsc2CBr)cc1. The lowest BCUT2D eigenvalue weighted by Crippen LogP contribution is -1.81. The highest BCUT2D eigenvalue weighted by atomic mass is 79.9. The Kier molecular flexibility index (Phi) is 3.15. The summed E-state index contributed by atoms with van der Waals surface area (Å²) in [6.45, 7) is 0. The summed E-state index contributed by atoms with van der Waals surface area (Å²) in [5.74, 6) is 0. The minimum atomic E-state index is 0.734. The summed E-state index contributed by atoms with van der Waals surface area (Å²) >= 11 is 10.6. The molecular weight excluding hydrogens is 284 g/mol. The molecule has 0 radical (unpaired) electrons. The maximum atomic E-state index is 5.80. The average molecular weight is 290 g/mol. The van der Waals surface area contributed by atoms with Crippen LogP contribution in [0.15, 0.2) is 24.3 Å². The molecule has 0 atom stereocenters. The van der Waals surface area contributed by atoms with Crippen molar-refractivity contribution in [2.75, 3.05) is 0 Å². The van der Waals surface area contributed by atoms with E-state index in [4.69, 9.17) is 11.6 Å². The molecule has 0 aliphatic carbocycles. The van der Waals surface area contributed by atoms with E-state index in [0.717, 1.165) is 26.5 Å². The number of hydrogen-bond donors (Lipinski definition) is 0. The van der Waals surface area contributed by atoms with E-state index in [1.165, 1.54) is 11.5 Å². The highest BCUT2D eigenvalue weighted by molar-refractivity contribution is 9.08. The van der Waals surface area contributed by atoms with Gasteiger partial charge in [0.25, 0.3) is 0 Å². The molecule has 0 bridgehead atoms. The largest absolute Gasteiger partial charge is 0.138 e. The lowest BCUT2D eigenvalue weighted by Gasteiger charge is -1.97. The molecule has 0 saturated carbocycles. The van der Waals surface area contributed by atoms with E-state index in [1.54, 1.807) is 0 Å². The van der Waals surface area contributed by atoms with E-state index in [-0.39, 0.29) is 0 Å². The molecule has 1 aromatic heterocycles. The first-order valence-corrected chi connectivity index (χ1v) is 6.21. The second kappa shape index (κ2) is 4.38. The zero-order valence-electron chi connectivity index (χ0n) is 7.08. The lowest BCUT2D eigenvalue weighted by molar-refractivity contribution is 1.15. The Hall–Kier alpha value is -0.450. The zero-order chi connectivity index (χ0) is 9.97. The van der Waals surface area contributed by atoms with Crippen molar-refractivity contribution < 1.29 is 0 Å². The normalized spacial score (nSPS) is 10.4. The lowest BCUT2D eigenvalue weighted by atomic mass is 10.1. The second-order valence-corrected chi connectivity index (χ2v) is 4.52. The fourth-order valence-electron chi connectivity index (χ4n) is 1.12. The fourth-order valence-corrected chi connectivity index (χ4v) is 2.34. The molecule has 2 rings (SSSR count). The van der Waals surface area contributed by atoms with Crippen LogP contribution in [0.1, 0.15) is 4.88 Å². The number of hydrogen-bond acceptors (Lipinski definition) is 3. The van der Waals surface area contributed by atoms with Crippen LogP contribution in [-0.2, 0) is 5.33 Å². The smallest absolute Gasteiger partial charge is 0.109 e. The van der Waals surface area contributed by atoms with Crippen LogP contribution < -0.4 is 0 Å². The molecule has 14 heavy (non-hydrogen) atoms. The fraction of sp³-hybridized carbons (Fsp3) is 0.111. The summed E-state index contributed by atoms with van der Waals surface area (Å²) < 4.78 is 3.92. The van der Waals surface area contributed by atoms with Crippen LogP contribution in [0.5, 0.6) is 0 Å². The summed E-state index contributed by atoms with van der Waals surface area (Å²) in [4.78, 5) is 1.13. The molecule has 0 N–H and O–H groups in total. The first-order valence-electron chi connectivity index (χ1n) is 3.94. The maximum absolute atomic E-state index is 5.80. The Bertz CT molecular complexity index is 427. The van der Waals surface area contributed by atoms with Crippen molar-refractivity contribution in [1.82, 2.24) is 9.59 Å². The Labute approximate surface area is 99.2 Å². The molecule has 1 aromatic carbocycles. The second-order valence-electron chi connectivity index (χ2n) is 2.69. The molecule has 0 fully saturated rings. The Morgan fingerprint density at radius 1 is 1.29 bits per heavy atom. The molecule has 72 valence electrons. The van der Waals surface area contributed by atoms with Gasteiger partial charge in [-0.05, 0) is 23.7 Å². The van der Waals surface area contributed by atoms with Gasteiger partial charge < -0.3 is 0 Å². The summed E-state index contributed by atoms with van der Waals surface area (Å²) in [6.07, 6.45) is 0. The van der Waals surface area contributed by atoms with Crippen LogP contribution in [0.25, 0.3) is 11.3 Å².